The molecule has 0 aromatic heterocycles. The van der Waals surface area contributed by atoms with Gasteiger partial charge in [-0.2, -0.15) is 0 Å². The molecule has 0 unspecified atom stereocenters. The molecule has 0 heterocycles. The molecule has 0 atom stereocenters. The number of rotatable bonds is 3. The first-order valence-corrected chi connectivity index (χ1v) is 3.23. The van der Waals surface area contributed by atoms with Crippen molar-refractivity contribution in [2.24, 2.45) is 10.2 Å². The second-order valence-corrected chi connectivity index (χ2v) is 1.73. The Labute approximate surface area is 69.5 Å². The highest BCUT2D eigenvalue weighted by atomic mass is 15.2. The van der Waals surface area contributed by atoms with Crippen LogP contribution < -0.4 is 0 Å². The fourth-order valence-electron chi connectivity index (χ4n) is 0.610. The van der Waals surface area contributed by atoms with Crippen LogP contribution in [0.15, 0.2) is 33.8 Å². The van der Waals surface area contributed by atoms with Crippen molar-refractivity contribution in [3.05, 3.63) is 44.4 Å². The van der Waals surface area contributed by atoms with Crippen LogP contribution in [-0.4, -0.2) is 0 Å². The highest BCUT2D eigenvalue weighted by Crippen LogP contribution is 2.12. The van der Waals surface area contributed by atoms with E-state index >= 15 is 0 Å². The van der Waals surface area contributed by atoms with Crippen LogP contribution in [0.25, 0.3) is 20.9 Å². The molecule has 0 bridgehead atoms. The second kappa shape index (κ2) is 5.85. The standard InChI is InChI=1S/C6H8N6/c1-3-5(9-11-7)6(4-2)10-12-8/h3-4H,1-2H3/b5-3+,6-4+. The van der Waals surface area contributed by atoms with E-state index in [1.807, 2.05) is 0 Å². The third kappa shape index (κ3) is 2.79. The van der Waals surface area contributed by atoms with Gasteiger partial charge in [-0.15, -0.1) is 0 Å². The van der Waals surface area contributed by atoms with Gasteiger partial charge in [0.25, 0.3) is 0 Å². The topological polar surface area (TPSA) is 97.5 Å². The zero-order valence-corrected chi connectivity index (χ0v) is 6.84. The van der Waals surface area contributed by atoms with Gasteiger partial charge in [-0.05, 0) is 24.9 Å². The highest BCUT2D eigenvalue weighted by Gasteiger charge is 1.96. The predicted octanol–water partition coefficient (Wildman–Crippen LogP) is 3.41. The molecule has 0 aliphatic heterocycles. The zero-order valence-electron chi connectivity index (χ0n) is 6.84. The maximum atomic E-state index is 8.14. The van der Waals surface area contributed by atoms with Crippen molar-refractivity contribution in [3.8, 4) is 0 Å². The number of allylic oxidation sites excluding steroid dienone is 2. The summed E-state index contributed by atoms with van der Waals surface area (Å²) in [6.07, 6.45) is 3.15. The molecule has 62 valence electrons. The molecule has 0 saturated carbocycles. The van der Waals surface area contributed by atoms with Gasteiger partial charge >= 0.3 is 0 Å². The van der Waals surface area contributed by atoms with Crippen LogP contribution in [0.2, 0.25) is 0 Å². The van der Waals surface area contributed by atoms with Crippen LogP contribution in [0, 0.1) is 0 Å². The van der Waals surface area contributed by atoms with Gasteiger partial charge in [-0.1, -0.05) is 22.4 Å². The van der Waals surface area contributed by atoms with Crippen molar-refractivity contribution >= 4 is 0 Å². The van der Waals surface area contributed by atoms with Crippen molar-refractivity contribution < 1.29 is 0 Å². The summed E-state index contributed by atoms with van der Waals surface area (Å²) in [5, 5.41) is 6.68. The van der Waals surface area contributed by atoms with E-state index in [2.05, 4.69) is 20.1 Å². The lowest BCUT2D eigenvalue weighted by atomic mass is 10.3. The van der Waals surface area contributed by atoms with Crippen molar-refractivity contribution in [2.45, 2.75) is 13.8 Å². The van der Waals surface area contributed by atoms with E-state index in [1.165, 1.54) is 0 Å². The summed E-state index contributed by atoms with van der Waals surface area (Å²) in [5.41, 5.74) is 16.9. The molecule has 0 aromatic carbocycles. The van der Waals surface area contributed by atoms with Crippen molar-refractivity contribution in [3.63, 3.8) is 0 Å². The molecule has 0 rings (SSSR count). The van der Waals surface area contributed by atoms with E-state index in [4.69, 9.17) is 11.1 Å². The fraction of sp³-hybridized carbons (Fsp3) is 0.333. The zero-order chi connectivity index (χ0) is 9.40. The summed E-state index contributed by atoms with van der Waals surface area (Å²) in [7, 11) is 0. The molecule has 6 heteroatoms. The molecular weight excluding hydrogens is 156 g/mol. The molecule has 12 heavy (non-hydrogen) atoms. The Morgan fingerprint density at radius 2 is 1.33 bits per heavy atom. The molecule has 0 aliphatic carbocycles. The van der Waals surface area contributed by atoms with E-state index in [-0.39, 0.29) is 0 Å². The largest absolute Gasteiger partial charge is 0.0776 e. The Morgan fingerprint density at radius 1 is 1.00 bits per heavy atom. The quantitative estimate of drug-likeness (QED) is 0.264. The maximum Gasteiger partial charge on any atom is 0.0424 e. The van der Waals surface area contributed by atoms with Crippen LogP contribution in [0.4, 0.5) is 0 Å². The van der Waals surface area contributed by atoms with Gasteiger partial charge in [0.2, 0.25) is 0 Å². The Bertz CT molecular complexity index is 268. The lowest BCUT2D eigenvalue weighted by Gasteiger charge is -1.95. The minimum atomic E-state index is 0.331. The average molecular weight is 164 g/mol. The summed E-state index contributed by atoms with van der Waals surface area (Å²) in [5.74, 6) is 0. The first kappa shape index (κ1) is 10.1. The monoisotopic (exact) mass is 164 g/mol. The highest BCUT2D eigenvalue weighted by molar-refractivity contribution is 5.27. The average Bonchev–Trinajstić information content (AvgIpc) is 2.11. The molecule has 0 saturated heterocycles. The first-order chi connectivity index (χ1) is 5.79. The lowest BCUT2D eigenvalue weighted by molar-refractivity contribution is 1.18. The molecule has 0 aromatic rings. The molecule has 0 amide bonds. The van der Waals surface area contributed by atoms with Gasteiger partial charge in [-0.25, -0.2) is 0 Å². The molecule has 0 aliphatic rings. The van der Waals surface area contributed by atoms with Gasteiger partial charge < -0.3 is 0 Å². The lowest BCUT2D eigenvalue weighted by Crippen LogP contribution is -1.78. The predicted molar refractivity (Wildman–Crippen MR) is 45.8 cm³/mol. The molecule has 0 spiro atoms. The van der Waals surface area contributed by atoms with E-state index in [0.717, 1.165) is 0 Å². The minimum absolute atomic E-state index is 0.331. The summed E-state index contributed by atoms with van der Waals surface area (Å²) in [6, 6.07) is 0. The maximum absolute atomic E-state index is 8.14. The molecule has 0 radical (unpaired) electrons. The van der Waals surface area contributed by atoms with Gasteiger partial charge in [-0.3, -0.25) is 0 Å². The fourth-order valence-corrected chi connectivity index (χ4v) is 0.610. The Morgan fingerprint density at radius 3 is 1.50 bits per heavy atom. The Balaban J connectivity index is 4.96. The van der Waals surface area contributed by atoms with E-state index < -0.39 is 0 Å². The van der Waals surface area contributed by atoms with Crippen molar-refractivity contribution in [1.82, 2.24) is 0 Å². The molecule has 0 N–H and O–H groups in total. The Kier molecular flexibility index (Phi) is 4.93. The summed E-state index contributed by atoms with van der Waals surface area (Å²) in [6.45, 7) is 3.39. The van der Waals surface area contributed by atoms with Crippen molar-refractivity contribution in [2.75, 3.05) is 0 Å². The number of hydrogen-bond acceptors (Lipinski definition) is 2. The second-order valence-electron chi connectivity index (χ2n) is 1.73. The number of nitrogens with zero attached hydrogens (tertiary/aromatic N) is 6. The van der Waals surface area contributed by atoms with E-state index in [9.17, 15) is 0 Å². The van der Waals surface area contributed by atoms with Crippen LogP contribution in [0.3, 0.4) is 0 Å². The SMILES string of the molecule is C/C=C(N=[N+]=[N-])\C(=C/C)N=[N+]=[N-]. The minimum Gasteiger partial charge on any atom is -0.0776 e. The van der Waals surface area contributed by atoms with Gasteiger partial charge in [0.05, 0.1) is 0 Å². The third-order valence-electron chi connectivity index (χ3n) is 1.11. The normalized spacial score (nSPS) is 11.5. The summed E-state index contributed by atoms with van der Waals surface area (Å²) in [4.78, 5) is 5.18. The molecule has 0 fully saturated rings. The van der Waals surface area contributed by atoms with Crippen molar-refractivity contribution in [1.29, 1.82) is 0 Å². The number of hydrogen-bond donors (Lipinski definition) is 0. The van der Waals surface area contributed by atoms with E-state index in [0.29, 0.717) is 11.4 Å². The first-order valence-electron chi connectivity index (χ1n) is 3.23. The summed E-state index contributed by atoms with van der Waals surface area (Å²) < 4.78 is 0. The van der Waals surface area contributed by atoms with Gasteiger partial charge in [0.15, 0.2) is 0 Å². The number of azide groups is 2. The molecule has 6 nitrogen and oxygen atoms in total. The van der Waals surface area contributed by atoms with Crippen LogP contribution in [0.5, 0.6) is 0 Å². The van der Waals surface area contributed by atoms with Crippen LogP contribution in [-0.2, 0) is 0 Å². The van der Waals surface area contributed by atoms with Crippen LogP contribution in [0.1, 0.15) is 13.8 Å². The summed E-state index contributed by atoms with van der Waals surface area (Å²) >= 11 is 0. The van der Waals surface area contributed by atoms with Crippen LogP contribution >= 0.6 is 0 Å². The molecular formula is C6H8N6. The van der Waals surface area contributed by atoms with Gasteiger partial charge in [0.1, 0.15) is 0 Å². The Hall–Kier alpha value is -1.90. The van der Waals surface area contributed by atoms with E-state index in [1.54, 1.807) is 26.0 Å². The smallest absolute Gasteiger partial charge is 0.0424 e. The van der Waals surface area contributed by atoms with Gasteiger partial charge in [0, 0.05) is 21.2 Å². The third-order valence-corrected chi connectivity index (χ3v) is 1.11.